The molecule has 6 rings (SSSR count). The van der Waals surface area contributed by atoms with E-state index < -0.39 is 101 Å². The molecule has 19 heteroatoms. The summed E-state index contributed by atoms with van der Waals surface area (Å²) in [6.07, 6.45) is -14.6. The summed E-state index contributed by atoms with van der Waals surface area (Å²) >= 11 is 18.2. The fourth-order valence-electron chi connectivity index (χ4n) is 6.89. The smallest absolute Gasteiger partial charge is 0.339 e. The van der Waals surface area contributed by atoms with Gasteiger partial charge in [0.15, 0.2) is 43.3 Å². The molecule has 58 heavy (non-hydrogen) atoms. The van der Waals surface area contributed by atoms with Gasteiger partial charge in [-0.1, -0.05) is 102 Å². The van der Waals surface area contributed by atoms with Gasteiger partial charge in [-0.15, -0.1) is 0 Å². The van der Waals surface area contributed by atoms with E-state index in [0.717, 1.165) is 44.2 Å². The molecule has 3 heterocycles. The van der Waals surface area contributed by atoms with Crippen molar-refractivity contribution in [2.45, 2.75) is 98.8 Å². The van der Waals surface area contributed by atoms with Crippen LogP contribution < -0.4 is 5.32 Å². The van der Waals surface area contributed by atoms with E-state index in [2.05, 4.69) is 5.32 Å². The molecule has 0 aliphatic carbocycles. The van der Waals surface area contributed by atoms with Gasteiger partial charge in [0, 0.05) is 26.3 Å². The van der Waals surface area contributed by atoms with Crippen molar-refractivity contribution in [3.05, 3.63) is 83.9 Å². The fraction of sp³-hybridized carbons (Fsp3) is 0.462. The molecule has 3 aliphatic rings. The first-order valence-electron chi connectivity index (χ1n) is 18.0. The number of benzene rings is 3. The first-order valence-corrected chi connectivity index (χ1v) is 19.1. The van der Waals surface area contributed by atoms with Crippen molar-refractivity contribution in [3.63, 3.8) is 0 Å². The quantitative estimate of drug-likeness (QED) is 0.164. The fourth-order valence-corrected chi connectivity index (χ4v) is 7.06. The molecular formula is C39H40Cl3NO15. The average Bonchev–Trinajstić information content (AvgIpc) is 3.18. The van der Waals surface area contributed by atoms with E-state index in [0.29, 0.717) is 5.56 Å². The summed E-state index contributed by atoms with van der Waals surface area (Å²) in [5, 5.41) is 4.58. The van der Waals surface area contributed by atoms with Crippen molar-refractivity contribution in [3.8, 4) is 0 Å². The Bertz CT molecular complexity index is 1960. The molecule has 1 N–H and O–H groups in total. The van der Waals surface area contributed by atoms with E-state index in [-0.39, 0.29) is 13.2 Å². The monoisotopic (exact) mass is 867 g/mol. The van der Waals surface area contributed by atoms with Crippen LogP contribution in [0.5, 0.6) is 0 Å². The molecule has 3 saturated heterocycles. The van der Waals surface area contributed by atoms with Gasteiger partial charge in [-0.25, -0.2) is 4.79 Å². The lowest BCUT2D eigenvalue weighted by atomic mass is 9.94. The zero-order valence-corrected chi connectivity index (χ0v) is 33.7. The molecule has 3 aromatic carbocycles. The molecule has 0 spiro atoms. The highest BCUT2D eigenvalue weighted by molar-refractivity contribution is 6.76. The number of ether oxygens (including phenoxy) is 10. The maximum atomic E-state index is 13.5. The molecule has 0 aromatic heterocycles. The predicted octanol–water partition coefficient (Wildman–Crippen LogP) is 4.13. The highest BCUT2D eigenvalue weighted by Crippen LogP contribution is 2.39. The first-order chi connectivity index (χ1) is 27.6. The number of carbonyl (C=O) groups excluding carboxylic acids is 5. The van der Waals surface area contributed by atoms with Crippen molar-refractivity contribution in [2.75, 3.05) is 13.7 Å². The number of hydrogen-bond donors (Lipinski definition) is 1. The maximum Gasteiger partial charge on any atom is 0.339 e. The zero-order valence-electron chi connectivity index (χ0n) is 31.5. The lowest BCUT2D eigenvalue weighted by molar-refractivity contribution is -0.377. The second kappa shape index (κ2) is 18.9. The molecule has 312 valence electrons. The number of alkyl halides is 3. The minimum atomic E-state index is -2.50. The van der Waals surface area contributed by atoms with E-state index in [1.807, 2.05) is 42.5 Å². The molecule has 1 unspecified atom stereocenters. The van der Waals surface area contributed by atoms with Crippen molar-refractivity contribution in [2.24, 2.45) is 0 Å². The number of carbonyl (C=O) groups is 5. The number of fused-ring (bicyclic) bond motifs is 2. The molecule has 0 saturated carbocycles. The summed E-state index contributed by atoms with van der Waals surface area (Å²) in [4.78, 5) is 64.1. The van der Waals surface area contributed by atoms with Crippen LogP contribution in [-0.4, -0.2) is 109 Å². The summed E-state index contributed by atoms with van der Waals surface area (Å²) in [6, 6.07) is 20.9. The Balaban J connectivity index is 1.43. The molecule has 3 fully saturated rings. The SMILES string of the molecule is COC(=O)[C@H]1O[C@@H](O[C@@H]2[C@@H](NC(=O)C(Cl)(Cl)Cl)[C@H](OCc3ccc4ccccc4c3)O[C@@H]3COC(c4ccccc4)O[C@@H]23)[C@H](OC(C)=O)[C@@H](OC(C)=O)[C@@H]1OC(C)=O. The van der Waals surface area contributed by atoms with Gasteiger partial charge in [0.05, 0.1) is 20.3 Å². The summed E-state index contributed by atoms with van der Waals surface area (Å²) in [5.41, 5.74) is 1.36. The topological polar surface area (TPSA) is 190 Å². The second-order valence-corrected chi connectivity index (χ2v) is 15.8. The second-order valence-electron chi connectivity index (χ2n) is 13.5. The van der Waals surface area contributed by atoms with Gasteiger partial charge in [-0.3, -0.25) is 19.2 Å². The normalized spacial score (nSPS) is 29.7. The first kappa shape index (κ1) is 43.5. The number of methoxy groups -OCH3 is 1. The largest absolute Gasteiger partial charge is 0.467 e. The summed E-state index contributed by atoms with van der Waals surface area (Å²) < 4.78 is 57.0. The van der Waals surface area contributed by atoms with Crippen molar-refractivity contribution < 1.29 is 71.3 Å². The number of hydrogen-bond acceptors (Lipinski definition) is 15. The van der Waals surface area contributed by atoms with Crippen LogP contribution in [0.4, 0.5) is 0 Å². The molecule has 0 bridgehead atoms. The molecular weight excluding hydrogens is 829 g/mol. The summed E-state index contributed by atoms with van der Waals surface area (Å²) in [5.74, 6) is -4.86. The highest BCUT2D eigenvalue weighted by Gasteiger charge is 2.59. The number of esters is 4. The van der Waals surface area contributed by atoms with Gasteiger partial charge in [-0.2, -0.15) is 0 Å². The number of halogens is 3. The Morgan fingerprint density at radius 3 is 2.03 bits per heavy atom. The molecule has 1 amide bonds. The maximum absolute atomic E-state index is 13.5. The van der Waals surface area contributed by atoms with Crippen molar-refractivity contribution in [1.82, 2.24) is 5.32 Å². The highest BCUT2D eigenvalue weighted by atomic mass is 35.6. The molecule has 3 aromatic rings. The van der Waals surface area contributed by atoms with Crippen LogP contribution in [0.1, 0.15) is 38.2 Å². The van der Waals surface area contributed by atoms with Gasteiger partial charge in [-0.05, 0) is 22.4 Å². The molecule has 11 atom stereocenters. The van der Waals surface area contributed by atoms with Crippen LogP contribution in [0.2, 0.25) is 0 Å². The minimum absolute atomic E-state index is 0.0485. The Morgan fingerprint density at radius 2 is 1.38 bits per heavy atom. The zero-order chi connectivity index (χ0) is 41.7. The van der Waals surface area contributed by atoms with E-state index in [9.17, 15) is 24.0 Å². The summed E-state index contributed by atoms with van der Waals surface area (Å²) in [7, 11) is 1.05. The van der Waals surface area contributed by atoms with Crippen LogP contribution >= 0.6 is 34.8 Å². The molecule has 0 radical (unpaired) electrons. The van der Waals surface area contributed by atoms with Gasteiger partial charge < -0.3 is 52.7 Å². The van der Waals surface area contributed by atoms with Crippen LogP contribution in [-0.2, 0) is 77.9 Å². The van der Waals surface area contributed by atoms with Crippen molar-refractivity contribution in [1.29, 1.82) is 0 Å². The Labute approximate surface area is 347 Å². The standard InChI is InChI=1S/C39H40Cl3NO15/c1-19(44)52-30-31(53-20(2)45)33(54-21(3)46)37(58-32(30)34(47)49-4)57-29-27(43-38(48)39(40,41)42)36(50-17-22-14-15-23-10-8-9-13-25(23)16-22)55-26-18-51-35(56-28(26)29)24-11-6-5-7-12-24/h5-16,26-33,35-37H,17-18H2,1-4H3,(H,43,48)/t26-,27-,28-,29-,30+,31+,32+,33-,35?,36-,37-/m1/s1. The minimum Gasteiger partial charge on any atom is -0.467 e. The van der Waals surface area contributed by atoms with Gasteiger partial charge in [0.1, 0.15) is 24.4 Å². The summed E-state index contributed by atoms with van der Waals surface area (Å²) in [6.45, 7) is 3.03. The third-order valence-electron chi connectivity index (χ3n) is 9.32. The lowest BCUT2D eigenvalue weighted by Gasteiger charge is -2.51. The third kappa shape index (κ3) is 10.4. The van der Waals surface area contributed by atoms with Crippen LogP contribution in [0.15, 0.2) is 72.8 Å². The van der Waals surface area contributed by atoms with Crippen molar-refractivity contribution >= 4 is 75.4 Å². The number of rotatable bonds is 11. The van der Waals surface area contributed by atoms with Gasteiger partial charge in [0.2, 0.25) is 0 Å². The lowest BCUT2D eigenvalue weighted by Crippen LogP contribution is -2.70. The number of amides is 1. The van der Waals surface area contributed by atoms with Crippen LogP contribution in [0.3, 0.4) is 0 Å². The van der Waals surface area contributed by atoms with Crippen LogP contribution in [0, 0.1) is 0 Å². The molecule has 16 nitrogen and oxygen atoms in total. The van der Waals surface area contributed by atoms with Crippen LogP contribution in [0.25, 0.3) is 10.8 Å². The van der Waals surface area contributed by atoms with E-state index in [4.69, 9.17) is 82.2 Å². The van der Waals surface area contributed by atoms with Gasteiger partial charge in [0.25, 0.3) is 9.70 Å². The Kier molecular flexibility index (Phi) is 14.1. The van der Waals surface area contributed by atoms with E-state index >= 15 is 0 Å². The molecule has 3 aliphatic heterocycles. The Morgan fingerprint density at radius 1 is 0.741 bits per heavy atom. The number of nitrogens with one attached hydrogen (secondary N) is 1. The van der Waals surface area contributed by atoms with E-state index in [1.165, 1.54) is 0 Å². The van der Waals surface area contributed by atoms with E-state index in [1.54, 1.807) is 30.3 Å². The Hall–Kier alpha value is -4.10. The predicted molar refractivity (Wildman–Crippen MR) is 202 cm³/mol. The third-order valence-corrected chi connectivity index (χ3v) is 9.83. The average molecular weight is 869 g/mol. The van der Waals surface area contributed by atoms with Gasteiger partial charge >= 0.3 is 23.9 Å².